The highest BCUT2D eigenvalue weighted by molar-refractivity contribution is 7.09. The predicted molar refractivity (Wildman–Crippen MR) is 162 cm³/mol. The highest BCUT2D eigenvalue weighted by atomic mass is 32.1. The minimum atomic E-state index is -1.26. The molecule has 8 nitrogen and oxygen atoms in total. The number of epoxide rings is 1. The third-order valence-corrected chi connectivity index (χ3v) is 9.81. The number of carbonyl (C=O) groups excluding carboxylic acids is 2. The fourth-order valence-corrected chi connectivity index (χ4v) is 6.40. The van der Waals surface area contributed by atoms with E-state index in [2.05, 4.69) is 11.9 Å². The van der Waals surface area contributed by atoms with E-state index in [1.54, 1.807) is 20.8 Å². The number of ether oxygens (including phenoxy) is 3. The summed E-state index contributed by atoms with van der Waals surface area (Å²) in [6, 6.07) is 9.57. The van der Waals surface area contributed by atoms with Gasteiger partial charge in [-0.05, 0) is 56.4 Å². The number of ketones is 1. The van der Waals surface area contributed by atoms with E-state index < -0.39 is 35.6 Å². The summed E-state index contributed by atoms with van der Waals surface area (Å²) in [5, 5.41) is 24.7. The van der Waals surface area contributed by atoms with Crippen LogP contribution in [-0.2, 0) is 25.7 Å². The Bertz CT molecular complexity index is 1260. The summed E-state index contributed by atoms with van der Waals surface area (Å²) in [6.07, 6.45) is 1.71. The molecule has 0 bridgehead atoms. The van der Waals surface area contributed by atoms with E-state index in [1.807, 2.05) is 55.6 Å². The first-order valence-corrected chi connectivity index (χ1v) is 15.8. The molecule has 2 saturated heterocycles. The van der Waals surface area contributed by atoms with Crippen LogP contribution in [0.4, 0.5) is 0 Å². The van der Waals surface area contributed by atoms with E-state index in [0.29, 0.717) is 13.0 Å². The van der Waals surface area contributed by atoms with Crippen molar-refractivity contribution >= 4 is 29.2 Å². The van der Waals surface area contributed by atoms with E-state index in [1.165, 1.54) is 11.3 Å². The van der Waals surface area contributed by atoms with Crippen molar-refractivity contribution in [1.29, 1.82) is 0 Å². The molecule has 7 atom stereocenters. The van der Waals surface area contributed by atoms with E-state index in [9.17, 15) is 19.8 Å². The second-order valence-corrected chi connectivity index (χ2v) is 13.7. The summed E-state index contributed by atoms with van der Waals surface area (Å²) in [7, 11) is 0. The number of carbonyl (C=O) groups is 2. The van der Waals surface area contributed by atoms with Gasteiger partial charge in [-0.15, -0.1) is 11.3 Å². The van der Waals surface area contributed by atoms with Gasteiger partial charge < -0.3 is 24.4 Å². The molecule has 0 radical (unpaired) electrons. The monoisotopic (exact) mass is 599 g/mol. The minimum Gasteiger partial charge on any atom is -0.486 e. The van der Waals surface area contributed by atoms with Crippen molar-refractivity contribution < 1.29 is 34.0 Å². The maximum atomic E-state index is 13.3. The Balaban J connectivity index is 1.51. The molecule has 2 fully saturated rings. The first-order valence-electron chi connectivity index (χ1n) is 14.9. The summed E-state index contributed by atoms with van der Waals surface area (Å²) in [5.41, 5.74) is 0.00431. The summed E-state index contributed by atoms with van der Waals surface area (Å²) in [5.74, 6) is -0.844. The molecule has 2 aromatic rings. The topological polar surface area (TPSA) is 118 Å². The lowest BCUT2D eigenvalue weighted by atomic mass is 9.73. The number of rotatable bonds is 5. The first kappa shape index (κ1) is 32.3. The van der Waals surface area contributed by atoms with Gasteiger partial charge in [0.2, 0.25) is 0 Å². The normalized spacial score (nSPS) is 33.0. The van der Waals surface area contributed by atoms with Crippen molar-refractivity contribution in [2.24, 2.45) is 17.3 Å². The molecular weight excluding hydrogens is 554 g/mol. The number of nitrogens with zero attached hydrogens (tertiary/aromatic N) is 1. The molecule has 0 unspecified atom stereocenters. The van der Waals surface area contributed by atoms with Gasteiger partial charge in [-0.2, -0.15) is 0 Å². The van der Waals surface area contributed by atoms with Gasteiger partial charge in [0.25, 0.3) is 0 Å². The first-order chi connectivity index (χ1) is 19.8. The Morgan fingerprint density at radius 3 is 2.60 bits per heavy atom. The number of aromatic nitrogens is 1. The zero-order valence-corrected chi connectivity index (χ0v) is 26.4. The maximum absolute atomic E-state index is 13.3. The molecule has 2 aliphatic rings. The van der Waals surface area contributed by atoms with E-state index in [0.717, 1.165) is 41.3 Å². The molecule has 3 heterocycles. The van der Waals surface area contributed by atoms with Crippen LogP contribution in [0.5, 0.6) is 5.75 Å². The van der Waals surface area contributed by atoms with E-state index in [4.69, 9.17) is 14.2 Å². The van der Waals surface area contributed by atoms with Crippen molar-refractivity contribution in [3.05, 3.63) is 52.0 Å². The molecule has 9 heteroatoms. The SMILES string of the molecule is C/C(=C\c1csc(COc2ccccc2)n1)[C@@H]1C[C@@H]2O[C@]2(C)CCC[C@H](C)[C@H](O)[C@@H](C)C(=O)C(C)(C)[C@@H](O)CC(=O)O1. The number of Topliss-reactive ketones (excluding diaryl/α,β-unsaturated/α-hetero) is 1. The van der Waals surface area contributed by atoms with Gasteiger partial charge in [0.1, 0.15) is 29.3 Å². The lowest BCUT2D eigenvalue weighted by Crippen LogP contribution is -2.45. The number of fused-ring (bicyclic) bond motifs is 1. The second-order valence-electron chi connectivity index (χ2n) is 12.7. The Kier molecular flexibility index (Phi) is 10.3. The van der Waals surface area contributed by atoms with Gasteiger partial charge >= 0.3 is 5.97 Å². The fraction of sp³-hybridized carbons (Fsp3) is 0.606. The third kappa shape index (κ3) is 7.86. The van der Waals surface area contributed by atoms with Crippen LogP contribution in [0.15, 0.2) is 41.3 Å². The molecule has 0 aliphatic carbocycles. The average Bonchev–Trinajstić information content (AvgIpc) is 3.36. The van der Waals surface area contributed by atoms with Crippen LogP contribution in [0.2, 0.25) is 0 Å². The molecule has 2 aliphatic heterocycles. The Morgan fingerprint density at radius 2 is 1.88 bits per heavy atom. The van der Waals surface area contributed by atoms with Gasteiger partial charge in [-0.3, -0.25) is 9.59 Å². The molecule has 4 rings (SSSR count). The molecule has 230 valence electrons. The summed E-state index contributed by atoms with van der Waals surface area (Å²) in [6.45, 7) is 11.2. The Morgan fingerprint density at radius 1 is 1.17 bits per heavy atom. The third-order valence-electron chi connectivity index (χ3n) is 8.97. The lowest BCUT2D eigenvalue weighted by Gasteiger charge is -2.34. The van der Waals surface area contributed by atoms with Gasteiger partial charge in [0, 0.05) is 17.7 Å². The fourth-order valence-electron chi connectivity index (χ4n) is 5.74. The standard InChI is InChI=1S/C33H45NO7S/c1-20-11-10-14-33(6)27(41-33)16-25(40-29(36)17-26(35)32(4,5)31(38)22(3)30(20)37)21(2)15-23-19-42-28(34-23)18-39-24-12-8-7-9-13-24/h7-9,12-13,15,19-20,22,25-27,30,35,37H,10-11,14,16-18H2,1-6H3/b21-15+/t20-,22+,25-,26-,27-,30-,33+/m0/s1. The molecule has 1 aromatic carbocycles. The number of thiazole rings is 1. The molecule has 0 saturated carbocycles. The van der Waals surface area contributed by atoms with Crippen LogP contribution in [0.1, 0.15) is 84.3 Å². The molecule has 42 heavy (non-hydrogen) atoms. The number of benzene rings is 1. The number of para-hydroxylation sites is 1. The minimum absolute atomic E-state index is 0.0843. The zero-order valence-electron chi connectivity index (χ0n) is 25.5. The molecular formula is C33H45NO7S. The van der Waals surface area contributed by atoms with Crippen LogP contribution < -0.4 is 4.74 Å². The van der Waals surface area contributed by atoms with Gasteiger partial charge in [0.05, 0.1) is 41.4 Å². The van der Waals surface area contributed by atoms with Crippen LogP contribution in [0.25, 0.3) is 6.08 Å². The van der Waals surface area contributed by atoms with Crippen molar-refractivity contribution in [1.82, 2.24) is 4.98 Å². The Hall–Kier alpha value is -2.59. The predicted octanol–water partition coefficient (Wildman–Crippen LogP) is 5.75. The van der Waals surface area contributed by atoms with Crippen molar-refractivity contribution in [2.45, 2.75) is 110 Å². The van der Waals surface area contributed by atoms with Gasteiger partial charge in [-0.25, -0.2) is 4.98 Å². The second kappa shape index (κ2) is 13.4. The molecule has 0 spiro atoms. The molecule has 2 N–H and O–H groups in total. The van der Waals surface area contributed by atoms with Crippen LogP contribution in [0, 0.1) is 17.3 Å². The largest absolute Gasteiger partial charge is 0.486 e. The van der Waals surface area contributed by atoms with Crippen molar-refractivity contribution in [2.75, 3.05) is 0 Å². The van der Waals surface area contributed by atoms with Gasteiger partial charge in [-0.1, -0.05) is 52.3 Å². The Labute approximate surface area is 253 Å². The summed E-state index contributed by atoms with van der Waals surface area (Å²) in [4.78, 5) is 31.1. The number of aliphatic hydroxyl groups excluding tert-OH is 2. The van der Waals surface area contributed by atoms with E-state index in [-0.39, 0.29) is 29.8 Å². The number of cyclic esters (lactones) is 1. The quantitative estimate of drug-likeness (QED) is 0.330. The molecule has 0 amide bonds. The number of aliphatic hydroxyl groups is 2. The van der Waals surface area contributed by atoms with E-state index >= 15 is 0 Å². The zero-order chi connectivity index (χ0) is 30.7. The van der Waals surface area contributed by atoms with Crippen LogP contribution >= 0.6 is 11.3 Å². The number of hydrogen-bond donors (Lipinski definition) is 2. The molecule has 1 aromatic heterocycles. The van der Waals surface area contributed by atoms with Crippen molar-refractivity contribution in [3.8, 4) is 5.75 Å². The highest BCUT2D eigenvalue weighted by Gasteiger charge is 2.53. The average molecular weight is 600 g/mol. The number of hydrogen-bond acceptors (Lipinski definition) is 9. The summed E-state index contributed by atoms with van der Waals surface area (Å²) < 4.78 is 17.9. The van der Waals surface area contributed by atoms with Crippen LogP contribution in [0.3, 0.4) is 0 Å². The van der Waals surface area contributed by atoms with Crippen molar-refractivity contribution in [3.63, 3.8) is 0 Å². The lowest BCUT2D eigenvalue weighted by molar-refractivity contribution is -0.154. The maximum Gasteiger partial charge on any atom is 0.309 e. The van der Waals surface area contributed by atoms with Crippen LogP contribution in [-0.4, -0.2) is 57.0 Å². The van der Waals surface area contributed by atoms with Gasteiger partial charge in [0.15, 0.2) is 0 Å². The smallest absolute Gasteiger partial charge is 0.309 e. The highest BCUT2D eigenvalue weighted by Crippen LogP contribution is 2.45. The number of esters is 1. The summed E-state index contributed by atoms with van der Waals surface area (Å²) >= 11 is 1.50.